The van der Waals surface area contributed by atoms with Crippen LogP contribution in [0.1, 0.15) is 0 Å². The van der Waals surface area contributed by atoms with Gasteiger partial charge in [0.15, 0.2) is 0 Å². The molecule has 0 unspecified atom stereocenters. The van der Waals surface area contributed by atoms with E-state index in [-0.39, 0.29) is 0 Å². The Balaban J connectivity index is 0.000000461. The molecule has 0 aliphatic rings. The fourth-order valence-corrected chi connectivity index (χ4v) is 1.26. The van der Waals surface area contributed by atoms with Crippen molar-refractivity contribution in [1.29, 1.82) is 0 Å². The number of hydrogen-bond acceptors (Lipinski definition) is 2. The SMILES string of the molecule is OO.c1ccc(-c2ccccc2)cc1. The van der Waals surface area contributed by atoms with Gasteiger partial charge in [-0.1, -0.05) is 60.7 Å². The first kappa shape index (κ1) is 10.4. The second kappa shape index (κ2) is 5.91. The van der Waals surface area contributed by atoms with Crippen molar-refractivity contribution in [2.24, 2.45) is 0 Å². The van der Waals surface area contributed by atoms with Crippen LogP contribution in [-0.4, -0.2) is 10.5 Å². The first-order valence-electron chi connectivity index (χ1n) is 4.27. The molecule has 2 rings (SSSR count). The van der Waals surface area contributed by atoms with Crippen LogP contribution < -0.4 is 0 Å². The molecule has 0 aromatic heterocycles. The highest BCUT2D eigenvalue weighted by atomic mass is 17.0. The van der Waals surface area contributed by atoms with Gasteiger partial charge in [0.25, 0.3) is 0 Å². The van der Waals surface area contributed by atoms with E-state index in [0.717, 1.165) is 0 Å². The summed E-state index contributed by atoms with van der Waals surface area (Å²) in [7, 11) is 0. The van der Waals surface area contributed by atoms with E-state index >= 15 is 0 Å². The van der Waals surface area contributed by atoms with Crippen LogP contribution in [0.4, 0.5) is 0 Å². The summed E-state index contributed by atoms with van der Waals surface area (Å²) >= 11 is 0. The van der Waals surface area contributed by atoms with E-state index in [1.165, 1.54) is 11.1 Å². The zero-order valence-corrected chi connectivity index (χ0v) is 7.67. The lowest BCUT2D eigenvalue weighted by Gasteiger charge is -1.98. The van der Waals surface area contributed by atoms with Crippen molar-refractivity contribution in [2.75, 3.05) is 0 Å². The van der Waals surface area contributed by atoms with Gasteiger partial charge in [0, 0.05) is 0 Å². The monoisotopic (exact) mass is 188 g/mol. The predicted molar refractivity (Wildman–Crippen MR) is 57.1 cm³/mol. The molecule has 0 fully saturated rings. The van der Waals surface area contributed by atoms with E-state index in [2.05, 4.69) is 48.5 Å². The van der Waals surface area contributed by atoms with Gasteiger partial charge >= 0.3 is 0 Å². The average Bonchev–Trinajstić information content (AvgIpc) is 2.34. The Hall–Kier alpha value is -1.64. The molecule has 2 N–H and O–H groups in total. The third kappa shape index (κ3) is 2.69. The van der Waals surface area contributed by atoms with E-state index < -0.39 is 0 Å². The lowest BCUT2D eigenvalue weighted by atomic mass is 10.1. The Morgan fingerprint density at radius 3 is 1.07 bits per heavy atom. The maximum absolute atomic E-state index is 6.00. The summed E-state index contributed by atoms with van der Waals surface area (Å²) in [6.07, 6.45) is 0. The minimum absolute atomic E-state index is 1.28. The molecule has 0 atom stereocenters. The molecule has 0 radical (unpaired) electrons. The highest BCUT2D eigenvalue weighted by Crippen LogP contribution is 2.17. The molecule has 0 amide bonds. The first-order valence-corrected chi connectivity index (χ1v) is 4.27. The summed E-state index contributed by atoms with van der Waals surface area (Å²) in [5.41, 5.74) is 2.55. The lowest BCUT2D eigenvalue weighted by Crippen LogP contribution is -1.73. The Morgan fingerprint density at radius 2 is 0.786 bits per heavy atom. The summed E-state index contributed by atoms with van der Waals surface area (Å²) in [5, 5.41) is 12.0. The van der Waals surface area contributed by atoms with Crippen LogP contribution in [0.5, 0.6) is 0 Å². The zero-order chi connectivity index (χ0) is 10.2. The van der Waals surface area contributed by atoms with Crippen molar-refractivity contribution < 1.29 is 10.5 Å². The van der Waals surface area contributed by atoms with Crippen LogP contribution in [0.2, 0.25) is 0 Å². The first-order chi connectivity index (χ1) is 6.97. The highest BCUT2D eigenvalue weighted by Gasteiger charge is 1.91. The van der Waals surface area contributed by atoms with Gasteiger partial charge in [-0.05, 0) is 11.1 Å². The highest BCUT2D eigenvalue weighted by molar-refractivity contribution is 5.62. The zero-order valence-electron chi connectivity index (χ0n) is 7.67. The maximum Gasteiger partial charge on any atom is -0.0184 e. The molecule has 0 spiro atoms. The van der Waals surface area contributed by atoms with Gasteiger partial charge < -0.3 is 0 Å². The van der Waals surface area contributed by atoms with Gasteiger partial charge in [-0.25, -0.2) is 0 Å². The Morgan fingerprint density at radius 1 is 0.500 bits per heavy atom. The van der Waals surface area contributed by atoms with Gasteiger partial charge in [0.2, 0.25) is 0 Å². The summed E-state index contributed by atoms with van der Waals surface area (Å²) in [6, 6.07) is 20.8. The normalized spacial score (nSPS) is 8.71. The summed E-state index contributed by atoms with van der Waals surface area (Å²) in [6.45, 7) is 0. The molecule has 14 heavy (non-hydrogen) atoms. The van der Waals surface area contributed by atoms with Crippen molar-refractivity contribution in [3.8, 4) is 11.1 Å². The molecule has 72 valence electrons. The molecule has 2 heteroatoms. The van der Waals surface area contributed by atoms with Gasteiger partial charge in [0.1, 0.15) is 0 Å². The van der Waals surface area contributed by atoms with Crippen molar-refractivity contribution in [3.05, 3.63) is 60.7 Å². The second-order valence-electron chi connectivity index (χ2n) is 2.73. The molecule has 2 nitrogen and oxygen atoms in total. The average molecular weight is 188 g/mol. The largest absolute Gasteiger partial charge is 0.255 e. The molecular formula is C12H12O2. The molecule has 0 bridgehead atoms. The summed E-state index contributed by atoms with van der Waals surface area (Å²) < 4.78 is 0. The number of benzene rings is 2. The van der Waals surface area contributed by atoms with Crippen LogP contribution in [0.3, 0.4) is 0 Å². The molecule has 2 aromatic carbocycles. The minimum atomic E-state index is 1.28. The van der Waals surface area contributed by atoms with E-state index in [0.29, 0.717) is 0 Å². The number of rotatable bonds is 1. The molecule has 0 saturated carbocycles. The van der Waals surface area contributed by atoms with Gasteiger partial charge in [-0.2, -0.15) is 0 Å². The number of hydrogen-bond donors (Lipinski definition) is 2. The molecule has 2 aromatic rings. The minimum Gasteiger partial charge on any atom is -0.255 e. The third-order valence-corrected chi connectivity index (χ3v) is 1.88. The van der Waals surface area contributed by atoms with Gasteiger partial charge in [0.05, 0.1) is 0 Å². The summed E-state index contributed by atoms with van der Waals surface area (Å²) in [5.74, 6) is 0. The van der Waals surface area contributed by atoms with Crippen molar-refractivity contribution in [3.63, 3.8) is 0 Å². The molecule has 0 aliphatic carbocycles. The standard InChI is InChI=1S/C12H10.H2O2/c1-3-7-11(8-4-1)12-9-5-2-6-10-12;1-2/h1-10H;1-2H. The Bertz CT molecular complexity index is 306. The van der Waals surface area contributed by atoms with Crippen LogP contribution in [-0.2, 0) is 0 Å². The molecule has 0 aliphatic heterocycles. The van der Waals surface area contributed by atoms with Crippen molar-refractivity contribution in [2.45, 2.75) is 0 Å². The van der Waals surface area contributed by atoms with Crippen molar-refractivity contribution in [1.82, 2.24) is 0 Å². The van der Waals surface area contributed by atoms with Gasteiger partial charge in [-0.15, -0.1) is 0 Å². The van der Waals surface area contributed by atoms with Crippen LogP contribution in [0.25, 0.3) is 11.1 Å². The quantitative estimate of drug-likeness (QED) is 0.532. The Labute approximate surface area is 83.0 Å². The molecule has 0 saturated heterocycles. The third-order valence-electron chi connectivity index (χ3n) is 1.88. The second-order valence-corrected chi connectivity index (χ2v) is 2.73. The van der Waals surface area contributed by atoms with Crippen LogP contribution in [0.15, 0.2) is 60.7 Å². The lowest BCUT2D eigenvalue weighted by molar-refractivity contribution is -0.176. The van der Waals surface area contributed by atoms with Crippen molar-refractivity contribution >= 4 is 0 Å². The van der Waals surface area contributed by atoms with E-state index in [1.807, 2.05) is 12.1 Å². The smallest absolute Gasteiger partial charge is 0.0184 e. The van der Waals surface area contributed by atoms with Crippen LogP contribution in [0, 0.1) is 0 Å². The molecule has 0 heterocycles. The van der Waals surface area contributed by atoms with Gasteiger partial charge in [-0.3, -0.25) is 10.5 Å². The predicted octanol–water partition coefficient (Wildman–Crippen LogP) is 3.37. The topological polar surface area (TPSA) is 40.5 Å². The maximum atomic E-state index is 6.00. The van der Waals surface area contributed by atoms with E-state index in [1.54, 1.807) is 0 Å². The molecular weight excluding hydrogens is 176 g/mol. The van der Waals surface area contributed by atoms with E-state index in [9.17, 15) is 0 Å². The fraction of sp³-hybridized carbons (Fsp3) is 0. The van der Waals surface area contributed by atoms with E-state index in [4.69, 9.17) is 10.5 Å². The van der Waals surface area contributed by atoms with Crippen LogP contribution >= 0.6 is 0 Å². The fourth-order valence-electron chi connectivity index (χ4n) is 1.26. The Kier molecular flexibility index (Phi) is 4.41. The summed E-state index contributed by atoms with van der Waals surface area (Å²) in [4.78, 5) is 0.